The normalized spacial score (nSPS) is 10.3. The van der Waals surface area contributed by atoms with Crippen molar-refractivity contribution in [2.45, 2.75) is 13.8 Å². The molecular weight excluding hydrogens is 328 g/mol. The predicted octanol–water partition coefficient (Wildman–Crippen LogP) is 4.37. The number of carbonyl (C=O) groups excluding carboxylic acids is 1. The molecule has 0 bridgehead atoms. The number of amides is 1. The topological polar surface area (TPSA) is 42.0 Å². The quantitative estimate of drug-likeness (QED) is 0.883. The largest absolute Gasteiger partial charge is 0.321 e. The van der Waals surface area contributed by atoms with Crippen molar-refractivity contribution >= 4 is 39.1 Å². The first kappa shape index (κ1) is 14.0. The van der Waals surface area contributed by atoms with Crippen LogP contribution in [0.15, 0.2) is 34.9 Å². The lowest BCUT2D eigenvalue weighted by molar-refractivity contribution is 0.102. The van der Waals surface area contributed by atoms with E-state index in [0.29, 0.717) is 16.3 Å². The molecule has 3 nitrogen and oxygen atoms in total. The average Bonchev–Trinajstić information content (AvgIpc) is 2.32. The molecule has 0 atom stereocenters. The molecule has 0 aliphatic heterocycles. The molecule has 2 aromatic rings. The first-order valence-electron chi connectivity index (χ1n) is 5.67. The van der Waals surface area contributed by atoms with Gasteiger partial charge in [-0.05, 0) is 53.5 Å². The van der Waals surface area contributed by atoms with E-state index in [1.807, 2.05) is 32.0 Å². The third-order valence-corrected chi connectivity index (χ3v) is 3.58. The summed E-state index contributed by atoms with van der Waals surface area (Å²) in [5.41, 5.74) is 2.95. The Kier molecular flexibility index (Phi) is 4.22. The van der Waals surface area contributed by atoms with Crippen LogP contribution in [-0.4, -0.2) is 10.9 Å². The second-order valence-electron chi connectivity index (χ2n) is 4.24. The molecule has 1 aromatic heterocycles. The Hall–Kier alpha value is -1.39. The molecule has 0 spiro atoms. The average molecular weight is 340 g/mol. The van der Waals surface area contributed by atoms with E-state index >= 15 is 0 Å². The summed E-state index contributed by atoms with van der Waals surface area (Å²) in [6.07, 6.45) is 1.48. The molecule has 0 aliphatic carbocycles. The van der Waals surface area contributed by atoms with Gasteiger partial charge in [0.25, 0.3) is 5.91 Å². The SMILES string of the molecule is Cc1ccc(NC(=O)c2cnc(C)cc2Cl)c(Br)c1. The standard InChI is InChI=1S/C14H12BrClN2O/c1-8-3-4-13(11(15)5-8)18-14(19)10-7-17-9(2)6-12(10)16/h3-7H,1-2H3,(H,18,19). The van der Waals surface area contributed by atoms with Gasteiger partial charge in [0.2, 0.25) is 0 Å². The van der Waals surface area contributed by atoms with Gasteiger partial charge in [0.05, 0.1) is 16.3 Å². The van der Waals surface area contributed by atoms with Crippen LogP contribution in [-0.2, 0) is 0 Å². The van der Waals surface area contributed by atoms with Crippen molar-refractivity contribution in [2.75, 3.05) is 5.32 Å². The fraction of sp³-hybridized carbons (Fsp3) is 0.143. The number of nitrogens with one attached hydrogen (secondary N) is 1. The highest BCUT2D eigenvalue weighted by Crippen LogP contribution is 2.25. The highest BCUT2D eigenvalue weighted by atomic mass is 79.9. The number of hydrogen-bond donors (Lipinski definition) is 1. The summed E-state index contributed by atoms with van der Waals surface area (Å²) >= 11 is 9.46. The highest BCUT2D eigenvalue weighted by Gasteiger charge is 2.12. The van der Waals surface area contributed by atoms with Gasteiger partial charge in [-0.1, -0.05) is 17.7 Å². The fourth-order valence-electron chi connectivity index (χ4n) is 1.60. The Morgan fingerprint density at radius 3 is 2.68 bits per heavy atom. The molecule has 0 saturated carbocycles. The molecule has 98 valence electrons. The highest BCUT2D eigenvalue weighted by molar-refractivity contribution is 9.10. The van der Waals surface area contributed by atoms with Gasteiger partial charge in [0, 0.05) is 16.4 Å². The first-order chi connectivity index (χ1) is 8.97. The molecule has 1 amide bonds. The molecule has 0 fully saturated rings. The van der Waals surface area contributed by atoms with Crippen molar-refractivity contribution in [3.63, 3.8) is 0 Å². The molecule has 2 rings (SSSR count). The van der Waals surface area contributed by atoms with Crippen molar-refractivity contribution < 1.29 is 4.79 Å². The Labute approximate surface area is 125 Å². The van der Waals surface area contributed by atoms with Crippen molar-refractivity contribution in [1.82, 2.24) is 4.98 Å². The second kappa shape index (κ2) is 5.72. The number of benzene rings is 1. The monoisotopic (exact) mass is 338 g/mol. The van der Waals surface area contributed by atoms with Gasteiger partial charge in [-0.3, -0.25) is 9.78 Å². The van der Waals surface area contributed by atoms with Crippen molar-refractivity contribution in [1.29, 1.82) is 0 Å². The number of pyridine rings is 1. The molecule has 0 unspecified atom stereocenters. The van der Waals surface area contributed by atoms with E-state index in [1.54, 1.807) is 6.07 Å². The zero-order chi connectivity index (χ0) is 14.0. The Balaban J connectivity index is 2.25. The molecule has 19 heavy (non-hydrogen) atoms. The molecule has 1 aromatic carbocycles. The molecule has 5 heteroatoms. The van der Waals surface area contributed by atoms with E-state index in [-0.39, 0.29) is 5.91 Å². The van der Waals surface area contributed by atoms with Gasteiger partial charge in [-0.2, -0.15) is 0 Å². The summed E-state index contributed by atoms with van der Waals surface area (Å²) < 4.78 is 0.831. The molecule has 0 aliphatic rings. The van der Waals surface area contributed by atoms with Gasteiger partial charge in [0.1, 0.15) is 0 Å². The van der Waals surface area contributed by atoms with Crippen molar-refractivity contribution in [3.05, 3.63) is 56.8 Å². The lowest BCUT2D eigenvalue weighted by Crippen LogP contribution is -2.13. The van der Waals surface area contributed by atoms with Crippen LogP contribution in [0.1, 0.15) is 21.6 Å². The van der Waals surface area contributed by atoms with Crippen molar-refractivity contribution in [3.8, 4) is 0 Å². The van der Waals surface area contributed by atoms with Crippen molar-refractivity contribution in [2.24, 2.45) is 0 Å². The van der Waals surface area contributed by atoms with Gasteiger partial charge in [0.15, 0.2) is 0 Å². The van der Waals surface area contributed by atoms with E-state index in [4.69, 9.17) is 11.6 Å². The minimum absolute atomic E-state index is 0.276. The summed E-state index contributed by atoms with van der Waals surface area (Å²) in [4.78, 5) is 16.2. The van der Waals surface area contributed by atoms with Crippen LogP contribution in [0.2, 0.25) is 5.02 Å². The summed E-state index contributed by atoms with van der Waals surface area (Å²) in [7, 11) is 0. The number of rotatable bonds is 2. The van der Waals surface area contributed by atoms with Crippen LogP contribution in [0.4, 0.5) is 5.69 Å². The van der Waals surface area contributed by atoms with Crippen LogP contribution in [0.3, 0.4) is 0 Å². The van der Waals surface area contributed by atoms with E-state index in [9.17, 15) is 4.79 Å². The second-order valence-corrected chi connectivity index (χ2v) is 5.50. The lowest BCUT2D eigenvalue weighted by atomic mass is 10.2. The van der Waals surface area contributed by atoms with Gasteiger partial charge in [-0.25, -0.2) is 0 Å². The maximum absolute atomic E-state index is 12.1. The number of aryl methyl sites for hydroxylation is 2. The van der Waals surface area contributed by atoms with E-state index in [0.717, 1.165) is 15.7 Å². The van der Waals surface area contributed by atoms with E-state index < -0.39 is 0 Å². The maximum Gasteiger partial charge on any atom is 0.258 e. The Bertz CT molecular complexity index is 643. The van der Waals surface area contributed by atoms with Gasteiger partial charge in [-0.15, -0.1) is 0 Å². The minimum Gasteiger partial charge on any atom is -0.321 e. The minimum atomic E-state index is -0.276. The Morgan fingerprint density at radius 2 is 2.05 bits per heavy atom. The first-order valence-corrected chi connectivity index (χ1v) is 6.84. The third-order valence-electron chi connectivity index (χ3n) is 2.61. The smallest absolute Gasteiger partial charge is 0.258 e. The maximum atomic E-state index is 12.1. The summed E-state index contributed by atoms with van der Waals surface area (Å²) in [6.45, 7) is 3.81. The zero-order valence-corrected chi connectivity index (χ0v) is 12.8. The predicted molar refractivity (Wildman–Crippen MR) is 80.8 cm³/mol. The molecule has 1 N–H and O–H groups in total. The molecular formula is C14H12BrClN2O. The zero-order valence-electron chi connectivity index (χ0n) is 10.5. The van der Waals surface area contributed by atoms with Crippen LogP contribution in [0.25, 0.3) is 0 Å². The third kappa shape index (κ3) is 3.33. The fourth-order valence-corrected chi connectivity index (χ4v) is 2.49. The van der Waals surface area contributed by atoms with E-state index in [2.05, 4.69) is 26.2 Å². The summed E-state index contributed by atoms with van der Waals surface area (Å²) in [5, 5.41) is 3.20. The van der Waals surface area contributed by atoms with Gasteiger partial charge >= 0.3 is 0 Å². The summed E-state index contributed by atoms with van der Waals surface area (Å²) in [6, 6.07) is 7.37. The number of halogens is 2. The van der Waals surface area contributed by atoms with Crippen LogP contribution in [0.5, 0.6) is 0 Å². The van der Waals surface area contributed by atoms with E-state index in [1.165, 1.54) is 6.20 Å². The van der Waals surface area contributed by atoms with Crippen LogP contribution in [0, 0.1) is 13.8 Å². The van der Waals surface area contributed by atoms with Gasteiger partial charge < -0.3 is 5.32 Å². The number of aromatic nitrogens is 1. The van der Waals surface area contributed by atoms with Crippen LogP contribution >= 0.6 is 27.5 Å². The molecule has 1 heterocycles. The number of carbonyl (C=O) groups is 1. The Morgan fingerprint density at radius 1 is 1.32 bits per heavy atom. The number of hydrogen-bond acceptors (Lipinski definition) is 2. The summed E-state index contributed by atoms with van der Waals surface area (Å²) in [5.74, 6) is -0.276. The molecule has 0 radical (unpaired) electrons. The number of nitrogens with zero attached hydrogens (tertiary/aromatic N) is 1. The molecule has 0 saturated heterocycles. The van der Waals surface area contributed by atoms with Crippen LogP contribution < -0.4 is 5.32 Å². The lowest BCUT2D eigenvalue weighted by Gasteiger charge is -2.09. The number of anilines is 1.